The maximum Gasteiger partial charge on any atom is 0.266 e. The molecule has 1 N–H and O–H groups in total. The van der Waals surface area contributed by atoms with Gasteiger partial charge in [0.15, 0.2) is 0 Å². The molecule has 9 heavy (non-hydrogen) atoms. The largest absolute Gasteiger partial charge is 0.384 e. The topological polar surface area (TPSA) is 20.2 Å². The third-order valence-corrected chi connectivity index (χ3v) is 1.03. The molecule has 0 heterocycles. The molecular formula is C6H10F2O. The molecule has 0 fully saturated rings. The minimum atomic E-state index is -2.70. The Balaban J connectivity index is 3.84. The molecule has 3 heteroatoms. The van der Waals surface area contributed by atoms with Crippen molar-refractivity contribution in [2.75, 3.05) is 0 Å². The first-order valence-corrected chi connectivity index (χ1v) is 2.62. The number of halogens is 2. The molecule has 0 bridgehead atoms. The van der Waals surface area contributed by atoms with Gasteiger partial charge in [0.2, 0.25) is 0 Å². The molecule has 1 atom stereocenters. The van der Waals surface area contributed by atoms with Crippen molar-refractivity contribution in [1.29, 1.82) is 0 Å². The summed E-state index contributed by atoms with van der Waals surface area (Å²) in [5, 5.41) is 8.77. The molecule has 0 aliphatic rings. The molecule has 0 aromatic heterocycles. The average Bonchev–Trinajstić information content (AvgIpc) is 1.65. The highest BCUT2D eigenvalue weighted by Gasteiger charge is 2.30. The number of rotatable bonds is 3. The molecule has 0 aliphatic carbocycles. The van der Waals surface area contributed by atoms with E-state index in [0.29, 0.717) is 0 Å². The molecular weight excluding hydrogens is 126 g/mol. The van der Waals surface area contributed by atoms with Gasteiger partial charge in [-0.15, -0.1) is 6.58 Å². The van der Waals surface area contributed by atoms with Gasteiger partial charge < -0.3 is 5.11 Å². The van der Waals surface area contributed by atoms with Crippen LogP contribution in [0.4, 0.5) is 8.78 Å². The SMILES string of the molecule is C=CCC(C)(O)C(F)F. The van der Waals surface area contributed by atoms with Gasteiger partial charge in [-0.2, -0.15) is 0 Å². The van der Waals surface area contributed by atoms with Gasteiger partial charge in [-0.1, -0.05) is 6.08 Å². The van der Waals surface area contributed by atoms with E-state index in [2.05, 4.69) is 6.58 Å². The molecule has 0 aromatic carbocycles. The summed E-state index contributed by atoms with van der Waals surface area (Å²) in [5.41, 5.74) is -1.90. The Kier molecular flexibility index (Phi) is 2.77. The fraction of sp³-hybridized carbons (Fsp3) is 0.667. The summed E-state index contributed by atoms with van der Waals surface area (Å²) >= 11 is 0. The van der Waals surface area contributed by atoms with Crippen LogP contribution in [0.1, 0.15) is 13.3 Å². The summed E-state index contributed by atoms with van der Waals surface area (Å²) < 4.78 is 23.4. The molecule has 1 nitrogen and oxygen atoms in total. The van der Waals surface area contributed by atoms with Crippen LogP contribution in [0.25, 0.3) is 0 Å². The van der Waals surface area contributed by atoms with E-state index >= 15 is 0 Å². The van der Waals surface area contributed by atoms with E-state index in [4.69, 9.17) is 5.11 Å². The lowest BCUT2D eigenvalue weighted by atomic mass is 10.0. The van der Waals surface area contributed by atoms with Crippen molar-refractivity contribution in [2.24, 2.45) is 0 Å². The molecule has 0 spiro atoms. The zero-order valence-corrected chi connectivity index (χ0v) is 5.27. The van der Waals surface area contributed by atoms with E-state index in [9.17, 15) is 8.78 Å². The van der Waals surface area contributed by atoms with Crippen LogP contribution in [0.2, 0.25) is 0 Å². The first kappa shape index (κ1) is 8.56. The van der Waals surface area contributed by atoms with E-state index in [-0.39, 0.29) is 6.42 Å². The Morgan fingerprint density at radius 3 is 2.33 bits per heavy atom. The first-order valence-electron chi connectivity index (χ1n) is 2.62. The second-order valence-electron chi connectivity index (χ2n) is 2.15. The Bertz CT molecular complexity index is 99.2. The maximum atomic E-state index is 11.7. The normalized spacial score (nSPS) is 17.4. The van der Waals surface area contributed by atoms with Crippen molar-refractivity contribution in [2.45, 2.75) is 25.4 Å². The van der Waals surface area contributed by atoms with Crippen molar-refractivity contribution >= 4 is 0 Å². The second-order valence-corrected chi connectivity index (χ2v) is 2.15. The zero-order chi connectivity index (χ0) is 7.49. The zero-order valence-electron chi connectivity index (χ0n) is 5.27. The molecule has 54 valence electrons. The molecule has 0 saturated heterocycles. The van der Waals surface area contributed by atoms with Crippen LogP contribution in [0.5, 0.6) is 0 Å². The summed E-state index contributed by atoms with van der Waals surface area (Å²) in [6.07, 6.45) is -1.51. The Labute approximate surface area is 53.0 Å². The summed E-state index contributed by atoms with van der Waals surface area (Å²) in [4.78, 5) is 0. The lowest BCUT2D eigenvalue weighted by Crippen LogP contribution is -2.32. The third-order valence-electron chi connectivity index (χ3n) is 1.03. The van der Waals surface area contributed by atoms with Crippen LogP contribution in [0.3, 0.4) is 0 Å². The third kappa shape index (κ3) is 2.56. The highest BCUT2D eigenvalue weighted by Crippen LogP contribution is 2.18. The van der Waals surface area contributed by atoms with Crippen molar-refractivity contribution in [3.05, 3.63) is 12.7 Å². The van der Waals surface area contributed by atoms with Crippen molar-refractivity contribution in [3.63, 3.8) is 0 Å². The van der Waals surface area contributed by atoms with Crippen molar-refractivity contribution in [3.8, 4) is 0 Å². The number of alkyl halides is 2. The van der Waals surface area contributed by atoms with Gasteiger partial charge >= 0.3 is 0 Å². The van der Waals surface area contributed by atoms with E-state index in [0.717, 1.165) is 6.92 Å². The summed E-state index contributed by atoms with van der Waals surface area (Å²) in [6.45, 7) is 4.32. The molecule has 1 unspecified atom stereocenters. The van der Waals surface area contributed by atoms with Crippen molar-refractivity contribution in [1.82, 2.24) is 0 Å². The highest BCUT2D eigenvalue weighted by atomic mass is 19.3. The maximum absolute atomic E-state index is 11.7. The Morgan fingerprint density at radius 1 is 1.78 bits per heavy atom. The average molecular weight is 136 g/mol. The molecule has 0 aromatic rings. The second kappa shape index (κ2) is 2.92. The fourth-order valence-electron chi connectivity index (χ4n) is 0.381. The monoisotopic (exact) mass is 136 g/mol. The van der Waals surface area contributed by atoms with Crippen LogP contribution < -0.4 is 0 Å². The minimum absolute atomic E-state index is 0.0787. The predicted octanol–water partition coefficient (Wildman–Crippen LogP) is 1.58. The smallest absolute Gasteiger partial charge is 0.266 e. The Hall–Kier alpha value is -0.440. The van der Waals surface area contributed by atoms with Gasteiger partial charge in [0.25, 0.3) is 6.43 Å². The molecule has 0 saturated carbocycles. The summed E-state index contributed by atoms with van der Waals surface area (Å²) in [5.74, 6) is 0. The quantitative estimate of drug-likeness (QED) is 0.584. The molecule has 0 amide bonds. The van der Waals surface area contributed by atoms with Crippen LogP contribution in [0.15, 0.2) is 12.7 Å². The molecule has 0 rings (SSSR count). The number of hydrogen-bond acceptors (Lipinski definition) is 1. The van der Waals surface area contributed by atoms with E-state index in [1.54, 1.807) is 0 Å². The van der Waals surface area contributed by atoms with E-state index < -0.39 is 12.0 Å². The van der Waals surface area contributed by atoms with Gasteiger partial charge in [0, 0.05) is 0 Å². The number of aliphatic hydroxyl groups is 1. The first-order chi connectivity index (χ1) is 4.00. The standard InChI is InChI=1S/C6H10F2O/c1-3-4-6(2,9)5(7)8/h3,5,9H,1,4H2,2H3. The van der Waals surface area contributed by atoms with Gasteiger partial charge in [-0.25, -0.2) is 8.78 Å². The summed E-state index contributed by atoms with van der Waals surface area (Å²) in [6, 6.07) is 0. The van der Waals surface area contributed by atoms with E-state index in [1.807, 2.05) is 0 Å². The molecule has 0 radical (unpaired) electrons. The molecule has 0 aliphatic heterocycles. The minimum Gasteiger partial charge on any atom is -0.384 e. The fourth-order valence-corrected chi connectivity index (χ4v) is 0.381. The van der Waals surface area contributed by atoms with Crippen LogP contribution >= 0.6 is 0 Å². The number of hydrogen-bond donors (Lipinski definition) is 1. The Morgan fingerprint density at radius 2 is 2.22 bits per heavy atom. The van der Waals surface area contributed by atoms with Crippen molar-refractivity contribution < 1.29 is 13.9 Å². The van der Waals surface area contributed by atoms with Gasteiger partial charge in [-0.05, 0) is 13.3 Å². The summed E-state index contributed by atoms with van der Waals surface area (Å²) in [7, 11) is 0. The lowest BCUT2D eigenvalue weighted by Gasteiger charge is -2.19. The van der Waals surface area contributed by atoms with Crippen LogP contribution in [-0.4, -0.2) is 17.1 Å². The van der Waals surface area contributed by atoms with E-state index in [1.165, 1.54) is 6.08 Å². The predicted molar refractivity (Wildman–Crippen MR) is 31.4 cm³/mol. The lowest BCUT2D eigenvalue weighted by molar-refractivity contribution is -0.0803. The van der Waals surface area contributed by atoms with Crippen LogP contribution in [0, 0.1) is 0 Å². The van der Waals surface area contributed by atoms with Gasteiger partial charge in [-0.3, -0.25) is 0 Å². The van der Waals surface area contributed by atoms with Gasteiger partial charge in [0.1, 0.15) is 5.60 Å². The highest BCUT2D eigenvalue weighted by molar-refractivity contribution is 4.84. The van der Waals surface area contributed by atoms with Crippen LogP contribution in [-0.2, 0) is 0 Å². The van der Waals surface area contributed by atoms with Gasteiger partial charge in [0.05, 0.1) is 0 Å².